The quantitative estimate of drug-likeness (QED) is 0.311. The molecule has 0 aromatic heterocycles. The Labute approximate surface area is 234 Å². The molecule has 1 heterocycles. The Morgan fingerprint density at radius 1 is 0.925 bits per heavy atom. The van der Waals surface area contributed by atoms with Crippen LogP contribution in [0.25, 0.3) is 0 Å². The number of rotatable bonds is 10. The van der Waals surface area contributed by atoms with Crippen molar-refractivity contribution >= 4 is 23.4 Å². The molecule has 0 fully saturated rings. The van der Waals surface area contributed by atoms with Crippen LogP contribution >= 0.6 is 0 Å². The van der Waals surface area contributed by atoms with Crippen molar-refractivity contribution < 1.29 is 38.1 Å². The van der Waals surface area contributed by atoms with Gasteiger partial charge in [-0.25, -0.2) is 4.79 Å². The van der Waals surface area contributed by atoms with Gasteiger partial charge in [0.15, 0.2) is 17.3 Å². The average Bonchev–Trinajstić information content (AvgIpc) is 2.97. The Bertz CT molecular complexity index is 1330. The number of benzene rings is 2. The fourth-order valence-corrected chi connectivity index (χ4v) is 5.45. The minimum atomic E-state index is -0.786. The third-order valence-electron chi connectivity index (χ3n) is 7.39. The highest BCUT2D eigenvalue weighted by Crippen LogP contribution is 2.47. The maximum atomic E-state index is 13.8. The van der Waals surface area contributed by atoms with Crippen molar-refractivity contribution in [3.8, 4) is 11.5 Å². The molecule has 1 aliphatic carbocycles. The van der Waals surface area contributed by atoms with Crippen LogP contribution in [0.4, 0.5) is 0 Å². The van der Waals surface area contributed by atoms with E-state index in [4.69, 9.17) is 28.7 Å². The van der Waals surface area contributed by atoms with Crippen molar-refractivity contribution in [2.24, 2.45) is 10.9 Å². The number of nitrogens with zero attached hydrogens (tertiary/aromatic N) is 1. The van der Waals surface area contributed by atoms with E-state index in [-0.39, 0.29) is 31.3 Å². The lowest BCUT2D eigenvalue weighted by Gasteiger charge is -2.36. The predicted molar refractivity (Wildman–Crippen MR) is 148 cm³/mol. The topological polar surface area (TPSA) is 110 Å². The maximum absolute atomic E-state index is 13.8. The number of esters is 2. The van der Waals surface area contributed by atoms with Gasteiger partial charge in [-0.3, -0.25) is 14.6 Å². The van der Waals surface area contributed by atoms with E-state index in [9.17, 15) is 14.4 Å². The van der Waals surface area contributed by atoms with Crippen molar-refractivity contribution in [1.82, 2.24) is 0 Å². The number of carbonyl (C=O) groups is 3. The van der Waals surface area contributed by atoms with Gasteiger partial charge in [0, 0.05) is 35.9 Å². The number of hydrogen-bond donors (Lipinski definition) is 0. The molecule has 0 saturated heterocycles. The van der Waals surface area contributed by atoms with Crippen LogP contribution in [-0.4, -0.2) is 64.6 Å². The van der Waals surface area contributed by atoms with E-state index in [1.807, 2.05) is 25.1 Å². The number of ether oxygens (including phenoxy) is 5. The molecule has 0 N–H and O–H groups in total. The Morgan fingerprint density at radius 2 is 1.62 bits per heavy atom. The molecular weight excluding hydrogens is 514 g/mol. The SMILES string of the molecule is CCOCCOC(=O)C1C(C)=NC2=C(C(=O)C[C@H](c3ccc(OC)c(OC)c3)C2)[C@H]1c1ccc(C(=O)OC)cc1. The summed E-state index contributed by atoms with van der Waals surface area (Å²) in [5, 5.41) is 0. The minimum Gasteiger partial charge on any atom is -0.493 e. The predicted octanol–water partition coefficient (Wildman–Crippen LogP) is 4.65. The highest BCUT2D eigenvalue weighted by Gasteiger charge is 2.45. The van der Waals surface area contributed by atoms with Gasteiger partial charge in [0.05, 0.1) is 33.5 Å². The Balaban J connectivity index is 1.72. The molecule has 1 aliphatic heterocycles. The fourth-order valence-electron chi connectivity index (χ4n) is 5.45. The van der Waals surface area contributed by atoms with E-state index in [0.717, 1.165) is 11.1 Å². The Morgan fingerprint density at radius 3 is 2.27 bits per heavy atom. The molecule has 0 spiro atoms. The number of hydrogen-bond acceptors (Lipinski definition) is 9. The number of allylic oxidation sites excluding steroid dienone is 2. The number of Topliss-reactive ketones (excluding diaryl/α,β-unsaturated/α-hetero) is 1. The van der Waals surface area contributed by atoms with Gasteiger partial charge in [-0.1, -0.05) is 18.2 Å². The molecule has 0 saturated carbocycles. The van der Waals surface area contributed by atoms with Gasteiger partial charge in [0.25, 0.3) is 0 Å². The summed E-state index contributed by atoms with van der Waals surface area (Å²) in [6.45, 7) is 4.56. The Hall–Kier alpha value is -3.98. The second kappa shape index (κ2) is 12.9. The van der Waals surface area contributed by atoms with Gasteiger partial charge in [-0.05, 0) is 61.6 Å². The van der Waals surface area contributed by atoms with E-state index in [0.29, 0.717) is 47.1 Å². The summed E-state index contributed by atoms with van der Waals surface area (Å²) < 4.78 is 26.5. The second-order valence-electron chi connectivity index (χ2n) is 9.69. The largest absolute Gasteiger partial charge is 0.493 e. The zero-order chi connectivity index (χ0) is 28.8. The summed E-state index contributed by atoms with van der Waals surface area (Å²) in [6, 6.07) is 12.5. The van der Waals surface area contributed by atoms with Crippen LogP contribution in [-0.2, 0) is 23.8 Å². The first-order chi connectivity index (χ1) is 19.3. The van der Waals surface area contributed by atoms with Gasteiger partial charge < -0.3 is 23.7 Å². The molecule has 4 rings (SSSR count). The fraction of sp³-hybridized carbons (Fsp3) is 0.419. The lowest BCUT2D eigenvalue weighted by molar-refractivity contribution is -0.148. The first-order valence-corrected chi connectivity index (χ1v) is 13.3. The molecule has 0 amide bonds. The number of ketones is 1. The van der Waals surface area contributed by atoms with Gasteiger partial charge in [0.2, 0.25) is 0 Å². The third-order valence-corrected chi connectivity index (χ3v) is 7.39. The number of aliphatic imine (C=N–C) groups is 1. The number of methoxy groups -OCH3 is 3. The monoisotopic (exact) mass is 549 g/mol. The lowest BCUT2D eigenvalue weighted by Crippen LogP contribution is -2.38. The first kappa shape index (κ1) is 29.0. The van der Waals surface area contributed by atoms with Gasteiger partial charge >= 0.3 is 11.9 Å². The molecule has 2 aromatic rings. The Kier molecular flexibility index (Phi) is 9.37. The van der Waals surface area contributed by atoms with Crippen molar-refractivity contribution in [3.63, 3.8) is 0 Å². The molecule has 1 unspecified atom stereocenters. The van der Waals surface area contributed by atoms with Crippen LogP contribution in [0.2, 0.25) is 0 Å². The molecule has 212 valence electrons. The summed E-state index contributed by atoms with van der Waals surface area (Å²) in [6.07, 6.45) is 0.780. The zero-order valence-corrected chi connectivity index (χ0v) is 23.5. The van der Waals surface area contributed by atoms with Crippen molar-refractivity contribution in [2.45, 2.75) is 38.5 Å². The molecule has 2 aromatic carbocycles. The summed E-state index contributed by atoms with van der Waals surface area (Å²) in [7, 11) is 4.47. The van der Waals surface area contributed by atoms with E-state index in [2.05, 4.69) is 0 Å². The molecule has 9 heteroatoms. The van der Waals surface area contributed by atoms with E-state index in [1.165, 1.54) is 7.11 Å². The molecule has 9 nitrogen and oxygen atoms in total. The van der Waals surface area contributed by atoms with Crippen molar-refractivity contribution in [2.75, 3.05) is 41.2 Å². The zero-order valence-electron chi connectivity index (χ0n) is 23.5. The first-order valence-electron chi connectivity index (χ1n) is 13.3. The molecule has 0 radical (unpaired) electrons. The minimum absolute atomic E-state index is 0.0774. The lowest BCUT2D eigenvalue weighted by atomic mass is 9.69. The second-order valence-corrected chi connectivity index (χ2v) is 9.69. The van der Waals surface area contributed by atoms with Gasteiger partial charge in [-0.15, -0.1) is 0 Å². The van der Waals surface area contributed by atoms with Crippen molar-refractivity contribution in [1.29, 1.82) is 0 Å². The van der Waals surface area contributed by atoms with E-state index < -0.39 is 23.8 Å². The molecule has 0 bridgehead atoms. The average molecular weight is 550 g/mol. The highest BCUT2D eigenvalue weighted by atomic mass is 16.6. The van der Waals surface area contributed by atoms with Gasteiger partial charge in [0.1, 0.15) is 12.5 Å². The third kappa shape index (κ3) is 5.94. The molecule has 2 aliphatic rings. The van der Waals surface area contributed by atoms with E-state index >= 15 is 0 Å². The summed E-state index contributed by atoms with van der Waals surface area (Å²) >= 11 is 0. The maximum Gasteiger partial charge on any atom is 0.337 e. The smallest absolute Gasteiger partial charge is 0.337 e. The summed E-state index contributed by atoms with van der Waals surface area (Å²) in [4.78, 5) is 44.1. The van der Waals surface area contributed by atoms with Crippen LogP contribution in [0.15, 0.2) is 58.7 Å². The summed E-state index contributed by atoms with van der Waals surface area (Å²) in [5.74, 6) is -1.31. The number of carbonyl (C=O) groups excluding carboxylic acids is 3. The molecular formula is C31H35NO8. The van der Waals surface area contributed by atoms with Crippen LogP contribution < -0.4 is 9.47 Å². The van der Waals surface area contributed by atoms with Crippen LogP contribution in [0.1, 0.15) is 60.0 Å². The van der Waals surface area contributed by atoms with Gasteiger partial charge in [-0.2, -0.15) is 0 Å². The van der Waals surface area contributed by atoms with Crippen LogP contribution in [0, 0.1) is 5.92 Å². The highest BCUT2D eigenvalue weighted by molar-refractivity contribution is 6.09. The normalized spacial score (nSPS) is 20.4. The van der Waals surface area contributed by atoms with Crippen molar-refractivity contribution in [3.05, 3.63) is 70.4 Å². The van der Waals surface area contributed by atoms with E-state index in [1.54, 1.807) is 45.4 Å². The van der Waals surface area contributed by atoms with Crippen LogP contribution in [0.5, 0.6) is 11.5 Å². The standard InChI is InChI=1S/C31H35NO8/c1-6-39-13-14-40-31(35)27-18(2)32-23-15-22(21-11-12-25(36-3)26(17-21)37-4)16-24(33)29(23)28(27)19-7-9-20(10-8-19)30(34)38-5/h7-12,17,22,27-28H,6,13-16H2,1-5H3/t22-,27?,28+/m1/s1. The summed E-state index contributed by atoms with van der Waals surface area (Å²) in [5.41, 5.74) is 3.79. The van der Waals surface area contributed by atoms with Crippen LogP contribution in [0.3, 0.4) is 0 Å². The molecule has 40 heavy (non-hydrogen) atoms. The molecule has 3 atom stereocenters.